The lowest BCUT2D eigenvalue weighted by Gasteiger charge is -2.12. The van der Waals surface area contributed by atoms with Gasteiger partial charge in [0.25, 0.3) is 0 Å². The number of thiazole rings is 1. The van der Waals surface area contributed by atoms with Gasteiger partial charge in [0.1, 0.15) is 0 Å². The zero-order valence-corrected chi connectivity index (χ0v) is 12.1. The number of nitrogens with zero attached hydrogens (tertiary/aromatic N) is 1. The molecule has 0 aliphatic heterocycles. The number of rotatable bonds is 4. The zero-order valence-electron chi connectivity index (χ0n) is 11.3. The van der Waals surface area contributed by atoms with Crippen molar-refractivity contribution in [2.45, 2.75) is 25.3 Å². The number of methoxy groups -OCH3 is 1. The number of benzene rings is 1. The van der Waals surface area contributed by atoms with E-state index in [9.17, 15) is 4.79 Å². The van der Waals surface area contributed by atoms with Crippen LogP contribution in [0.1, 0.15) is 29.3 Å². The fourth-order valence-electron chi connectivity index (χ4n) is 2.53. The van der Waals surface area contributed by atoms with Crippen molar-refractivity contribution in [1.29, 1.82) is 0 Å². The second kappa shape index (κ2) is 5.63. The van der Waals surface area contributed by atoms with Gasteiger partial charge in [-0.2, -0.15) is 0 Å². The van der Waals surface area contributed by atoms with Gasteiger partial charge in [-0.05, 0) is 24.0 Å². The van der Waals surface area contributed by atoms with Crippen LogP contribution in [0.4, 0.5) is 5.13 Å². The maximum atomic E-state index is 11.2. The van der Waals surface area contributed by atoms with Gasteiger partial charge in [-0.1, -0.05) is 24.3 Å². The van der Waals surface area contributed by atoms with Crippen LogP contribution in [0.5, 0.6) is 0 Å². The minimum atomic E-state index is -0.256. The average Bonchev–Trinajstić information content (AvgIpc) is 3.07. The molecule has 1 N–H and O–H groups in total. The standard InChI is InChI=1S/C15H16N2O2S/c1-19-14(18)8-11-9-20-15(16-11)17-13-7-6-10-4-2-3-5-12(10)13/h2-5,9,13H,6-8H2,1H3,(H,16,17). The molecular formula is C15H16N2O2S. The lowest BCUT2D eigenvalue weighted by molar-refractivity contribution is -0.139. The topological polar surface area (TPSA) is 51.2 Å². The molecule has 0 saturated carbocycles. The van der Waals surface area contributed by atoms with Crippen molar-refractivity contribution in [3.63, 3.8) is 0 Å². The number of hydrogen-bond acceptors (Lipinski definition) is 5. The largest absolute Gasteiger partial charge is 0.469 e. The summed E-state index contributed by atoms with van der Waals surface area (Å²) in [6, 6.07) is 8.83. The Bertz CT molecular complexity index is 624. The molecule has 5 heteroatoms. The normalized spacial score (nSPS) is 16.8. The van der Waals surface area contributed by atoms with Crippen molar-refractivity contribution in [2.75, 3.05) is 12.4 Å². The van der Waals surface area contributed by atoms with Crippen molar-refractivity contribution >= 4 is 22.4 Å². The Morgan fingerprint density at radius 2 is 2.35 bits per heavy atom. The number of nitrogens with one attached hydrogen (secondary N) is 1. The molecule has 0 spiro atoms. The molecular weight excluding hydrogens is 272 g/mol. The van der Waals surface area contributed by atoms with Crippen molar-refractivity contribution in [3.8, 4) is 0 Å². The lowest BCUT2D eigenvalue weighted by Crippen LogP contribution is -2.08. The lowest BCUT2D eigenvalue weighted by atomic mass is 10.1. The minimum absolute atomic E-state index is 0.232. The Labute approximate surface area is 121 Å². The Kier molecular flexibility index (Phi) is 3.69. The molecule has 2 aromatic rings. The quantitative estimate of drug-likeness (QED) is 0.879. The summed E-state index contributed by atoms with van der Waals surface area (Å²) >= 11 is 1.53. The van der Waals surface area contributed by atoms with Gasteiger partial charge < -0.3 is 10.1 Å². The summed E-state index contributed by atoms with van der Waals surface area (Å²) in [6.07, 6.45) is 2.43. The first-order valence-electron chi connectivity index (χ1n) is 6.62. The Morgan fingerprint density at radius 1 is 1.50 bits per heavy atom. The molecule has 3 rings (SSSR count). The van der Waals surface area contributed by atoms with Crippen LogP contribution in [0, 0.1) is 0 Å². The van der Waals surface area contributed by atoms with E-state index in [1.165, 1.54) is 29.6 Å². The van der Waals surface area contributed by atoms with Crippen molar-refractivity contribution in [3.05, 3.63) is 46.5 Å². The summed E-state index contributed by atoms with van der Waals surface area (Å²) in [5, 5.41) is 6.23. The summed E-state index contributed by atoms with van der Waals surface area (Å²) in [5.41, 5.74) is 3.53. The van der Waals surface area contributed by atoms with E-state index in [1.807, 2.05) is 5.38 Å². The number of esters is 1. The highest BCUT2D eigenvalue weighted by Gasteiger charge is 2.22. The van der Waals surface area contributed by atoms with E-state index in [-0.39, 0.29) is 12.4 Å². The number of anilines is 1. The predicted molar refractivity (Wildman–Crippen MR) is 79.0 cm³/mol. The van der Waals surface area contributed by atoms with E-state index in [0.29, 0.717) is 6.04 Å². The van der Waals surface area contributed by atoms with Gasteiger partial charge in [0, 0.05) is 5.38 Å². The van der Waals surface area contributed by atoms with Gasteiger partial charge in [-0.3, -0.25) is 4.79 Å². The Hall–Kier alpha value is -1.88. The summed E-state index contributed by atoms with van der Waals surface area (Å²) in [4.78, 5) is 15.7. The van der Waals surface area contributed by atoms with Crippen LogP contribution in [0.25, 0.3) is 0 Å². The summed E-state index contributed by atoms with van der Waals surface area (Å²) in [7, 11) is 1.39. The van der Waals surface area contributed by atoms with Crippen LogP contribution in [0.15, 0.2) is 29.6 Å². The van der Waals surface area contributed by atoms with E-state index in [2.05, 4.69) is 39.3 Å². The molecule has 20 heavy (non-hydrogen) atoms. The van der Waals surface area contributed by atoms with Crippen LogP contribution in [0.3, 0.4) is 0 Å². The third-order valence-electron chi connectivity index (χ3n) is 3.54. The zero-order chi connectivity index (χ0) is 13.9. The first kappa shape index (κ1) is 13.1. The van der Waals surface area contributed by atoms with Crippen molar-refractivity contribution in [2.24, 2.45) is 0 Å². The molecule has 1 aliphatic rings. The number of ether oxygens (including phenoxy) is 1. The number of aromatic nitrogens is 1. The molecule has 1 heterocycles. The van der Waals surface area contributed by atoms with Crippen LogP contribution >= 0.6 is 11.3 Å². The van der Waals surface area contributed by atoms with Gasteiger partial charge in [-0.15, -0.1) is 11.3 Å². The third kappa shape index (κ3) is 2.67. The number of aryl methyl sites for hydroxylation is 1. The van der Waals surface area contributed by atoms with E-state index in [4.69, 9.17) is 0 Å². The molecule has 4 nitrogen and oxygen atoms in total. The van der Waals surface area contributed by atoms with Gasteiger partial charge in [-0.25, -0.2) is 4.98 Å². The summed E-state index contributed by atoms with van der Waals surface area (Å²) in [6.45, 7) is 0. The molecule has 0 saturated heterocycles. The van der Waals surface area contributed by atoms with Crippen LogP contribution in [-0.2, 0) is 22.4 Å². The highest BCUT2D eigenvalue weighted by molar-refractivity contribution is 7.13. The van der Waals surface area contributed by atoms with E-state index in [1.54, 1.807) is 0 Å². The first-order valence-corrected chi connectivity index (χ1v) is 7.50. The summed E-state index contributed by atoms with van der Waals surface area (Å²) < 4.78 is 4.65. The first-order chi connectivity index (χ1) is 9.76. The Morgan fingerprint density at radius 3 is 3.20 bits per heavy atom. The molecule has 1 unspecified atom stereocenters. The second-order valence-electron chi connectivity index (χ2n) is 4.83. The fourth-order valence-corrected chi connectivity index (χ4v) is 3.29. The van der Waals surface area contributed by atoms with Crippen LogP contribution in [0.2, 0.25) is 0 Å². The Balaban J connectivity index is 1.69. The van der Waals surface area contributed by atoms with Gasteiger partial charge in [0.05, 0.1) is 25.3 Å². The molecule has 1 aromatic heterocycles. The monoisotopic (exact) mass is 288 g/mol. The van der Waals surface area contributed by atoms with Gasteiger partial charge >= 0.3 is 5.97 Å². The number of hydrogen-bond donors (Lipinski definition) is 1. The molecule has 0 bridgehead atoms. The highest BCUT2D eigenvalue weighted by Crippen LogP contribution is 2.34. The van der Waals surface area contributed by atoms with Crippen molar-refractivity contribution in [1.82, 2.24) is 4.98 Å². The number of fused-ring (bicyclic) bond motifs is 1. The van der Waals surface area contributed by atoms with E-state index >= 15 is 0 Å². The molecule has 1 atom stereocenters. The average molecular weight is 288 g/mol. The molecule has 0 radical (unpaired) electrons. The smallest absolute Gasteiger partial charge is 0.311 e. The number of carbonyl (C=O) groups is 1. The molecule has 0 fully saturated rings. The maximum absolute atomic E-state index is 11.2. The molecule has 104 valence electrons. The molecule has 1 aromatic carbocycles. The van der Waals surface area contributed by atoms with E-state index < -0.39 is 0 Å². The van der Waals surface area contributed by atoms with E-state index in [0.717, 1.165) is 23.7 Å². The fraction of sp³-hybridized carbons (Fsp3) is 0.333. The van der Waals surface area contributed by atoms with Gasteiger partial charge in [0.2, 0.25) is 0 Å². The van der Waals surface area contributed by atoms with Gasteiger partial charge in [0.15, 0.2) is 5.13 Å². The minimum Gasteiger partial charge on any atom is -0.469 e. The molecule has 1 aliphatic carbocycles. The summed E-state index contributed by atoms with van der Waals surface area (Å²) in [5.74, 6) is -0.256. The van der Waals surface area contributed by atoms with Crippen molar-refractivity contribution < 1.29 is 9.53 Å². The second-order valence-corrected chi connectivity index (χ2v) is 5.69. The highest BCUT2D eigenvalue weighted by atomic mass is 32.1. The molecule has 0 amide bonds. The maximum Gasteiger partial charge on any atom is 0.311 e. The SMILES string of the molecule is COC(=O)Cc1csc(NC2CCc3ccccc32)n1. The predicted octanol–water partition coefficient (Wildman–Crippen LogP) is 2.96. The third-order valence-corrected chi connectivity index (χ3v) is 4.36. The van der Waals surface area contributed by atoms with Crippen LogP contribution in [-0.4, -0.2) is 18.1 Å². The number of carbonyl (C=O) groups excluding carboxylic acids is 1. The van der Waals surface area contributed by atoms with Crippen LogP contribution < -0.4 is 5.32 Å².